The fourth-order valence-corrected chi connectivity index (χ4v) is 1.94. The summed E-state index contributed by atoms with van der Waals surface area (Å²) in [4.78, 5) is 25.0. The van der Waals surface area contributed by atoms with Crippen LogP contribution in [0, 0.1) is 0 Å². The van der Waals surface area contributed by atoms with Crippen molar-refractivity contribution in [2.24, 2.45) is 0 Å². The minimum atomic E-state index is -4.41. The van der Waals surface area contributed by atoms with Gasteiger partial charge in [0.05, 0.1) is 19.6 Å². The molecule has 1 rings (SSSR count). The average molecular weight is 312 g/mol. The number of esters is 1. The number of carbonyl (C=O) groups excluding carboxylic acids is 2. The molecule has 0 saturated carbocycles. The van der Waals surface area contributed by atoms with E-state index in [2.05, 4.69) is 10.1 Å². The topological polar surface area (TPSA) is 67.9 Å². The first-order chi connectivity index (χ1) is 9.85. The highest BCUT2D eigenvalue weighted by Crippen LogP contribution is 2.15. The van der Waals surface area contributed by atoms with Crippen molar-refractivity contribution in [3.8, 4) is 0 Å². The lowest BCUT2D eigenvalue weighted by atomic mass is 10.1. The Balaban J connectivity index is 2.44. The number of hydrogen-bond donors (Lipinski definition) is 1. The van der Waals surface area contributed by atoms with Crippen molar-refractivity contribution in [3.63, 3.8) is 0 Å². The molecular formula is C12H19F3N2O4. The molecule has 0 radical (unpaired) electrons. The first-order valence-electron chi connectivity index (χ1n) is 6.66. The molecule has 1 amide bonds. The summed E-state index contributed by atoms with van der Waals surface area (Å²) >= 11 is 0. The number of ether oxygens (including phenoxy) is 2. The summed E-state index contributed by atoms with van der Waals surface area (Å²) in [6, 6.07) is -0.742. The number of rotatable bonds is 6. The van der Waals surface area contributed by atoms with E-state index in [-0.39, 0.29) is 26.2 Å². The molecule has 0 aromatic heterocycles. The van der Waals surface area contributed by atoms with Crippen LogP contribution in [0.15, 0.2) is 0 Å². The number of hydrogen-bond acceptors (Lipinski definition) is 5. The molecule has 0 aromatic carbocycles. The third kappa shape index (κ3) is 6.30. The van der Waals surface area contributed by atoms with Gasteiger partial charge in [-0.3, -0.25) is 4.79 Å². The average Bonchev–Trinajstić information content (AvgIpc) is 2.42. The van der Waals surface area contributed by atoms with Crippen molar-refractivity contribution in [1.29, 1.82) is 0 Å². The van der Waals surface area contributed by atoms with Gasteiger partial charge in [-0.2, -0.15) is 13.2 Å². The normalized spacial score (nSPS) is 19.4. The predicted octanol–water partition coefficient (Wildman–Crippen LogP) is 0.319. The quantitative estimate of drug-likeness (QED) is 0.565. The standard InChI is InChI=1S/C12H19F3N2O4/c1-2-21-11(19)9-7-16-4-5-17(9)10(18)3-6-20-8-12(13,14)15/h9,16H,2-8H2,1H3. The fraction of sp³-hybridized carbons (Fsp3) is 0.833. The van der Waals surface area contributed by atoms with Crippen molar-refractivity contribution < 1.29 is 32.2 Å². The van der Waals surface area contributed by atoms with Gasteiger partial charge in [0.2, 0.25) is 5.91 Å². The van der Waals surface area contributed by atoms with Gasteiger partial charge in [-0.1, -0.05) is 0 Å². The number of carbonyl (C=O) groups is 2. The molecule has 21 heavy (non-hydrogen) atoms. The summed E-state index contributed by atoms with van der Waals surface area (Å²) in [6.07, 6.45) is -4.61. The zero-order chi connectivity index (χ0) is 15.9. The molecular weight excluding hydrogens is 293 g/mol. The fourth-order valence-electron chi connectivity index (χ4n) is 1.94. The van der Waals surface area contributed by atoms with Gasteiger partial charge in [0.25, 0.3) is 0 Å². The highest BCUT2D eigenvalue weighted by atomic mass is 19.4. The molecule has 122 valence electrons. The van der Waals surface area contributed by atoms with Gasteiger partial charge in [0.15, 0.2) is 0 Å². The van der Waals surface area contributed by atoms with E-state index in [1.165, 1.54) is 4.90 Å². The van der Waals surface area contributed by atoms with Gasteiger partial charge >= 0.3 is 12.1 Å². The van der Waals surface area contributed by atoms with Gasteiger partial charge in [-0.05, 0) is 6.92 Å². The molecule has 1 unspecified atom stereocenters. The summed E-state index contributed by atoms with van der Waals surface area (Å²) in [5.74, 6) is -0.939. The maximum absolute atomic E-state index is 12.0. The van der Waals surface area contributed by atoms with Gasteiger partial charge < -0.3 is 19.7 Å². The monoisotopic (exact) mass is 312 g/mol. The summed E-state index contributed by atoms with van der Waals surface area (Å²) in [7, 11) is 0. The van der Waals surface area contributed by atoms with E-state index in [1.54, 1.807) is 6.92 Å². The number of nitrogens with zero attached hydrogens (tertiary/aromatic N) is 1. The molecule has 0 bridgehead atoms. The van der Waals surface area contributed by atoms with Gasteiger partial charge in [0, 0.05) is 19.6 Å². The van der Waals surface area contributed by atoms with E-state index in [0.717, 1.165) is 0 Å². The van der Waals surface area contributed by atoms with Crippen LogP contribution >= 0.6 is 0 Å². The van der Waals surface area contributed by atoms with Crippen LogP contribution in [0.4, 0.5) is 13.2 Å². The summed E-state index contributed by atoms with van der Waals surface area (Å²) < 4.78 is 45.0. The van der Waals surface area contributed by atoms with E-state index in [0.29, 0.717) is 13.1 Å². The van der Waals surface area contributed by atoms with Crippen LogP contribution in [-0.2, 0) is 19.1 Å². The molecule has 1 aliphatic rings. The van der Waals surface area contributed by atoms with Crippen LogP contribution in [0.2, 0.25) is 0 Å². The van der Waals surface area contributed by atoms with Crippen molar-refractivity contribution in [1.82, 2.24) is 10.2 Å². The molecule has 0 aliphatic carbocycles. The molecule has 1 N–H and O–H groups in total. The van der Waals surface area contributed by atoms with E-state index < -0.39 is 30.7 Å². The Morgan fingerprint density at radius 2 is 2.10 bits per heavy atom. The van der Waals surface area contributed by atoms with Crippen LogP contribution in [0.1, 0.15) is 13.3 Å². The number of halogens is 3. The lowest BCUT2D eigenvalue weighted by molar-refractivity contribution is -0.175. The third-order valence-electron chi connectivity index (χ3n) is 2.85. The second kappa shape index (κ2) is 8.18. The Hall–Kier alpha value is -1.35. The second-order valence-electron chi connectivity index (χ2n) is 4.48. The number of alkyl halides is 3. The Morgan fingerprint density at radius 3 is 2.71 bits per heavy atom. The smallest absolute Gasteiger partial charge is 0.411 e. The van der Waals surface area contributed by atoms with Crippen molar-refractivity contribution in [2.75, 3.05) is 39.5 Å². The van der Waals surface area contributed by atoms with E-state index in [4.69, 9.17) is 4.74 Å². The van der Waals surface area contributed by atoms with Crippen LogP contribution in [-0.4, -0.2) is 68.4 Å². The Labute approximate surface area is 120 Å². The van der Waals surface area contributed by atoms with Crippen molar-refractivity contribution >= 4 is 11.9 Å². The number of amides is 1. The van der Waals surface area contributed by atoms with E-state index in [1.807, 2.05) is 0 Å². The number of nitrogens with one attached hydrogen (secondary N) is 1. The summed E-state index contributed by atoms with van der Waals surface area (Å²) in [6.45, 7) is 1.24. The summed E-state index contributed by atoms with van der Waals surface area (Å²) in [5, 5.41) is 2.97. The number of piperazine rings is 1. The molecule has 0 aromatic rings. The van der Waals surface area contributed by atoms with Gasteiger partial charge in [-0.15, -0.1) is 0 Å². The minimum Gasteiger partial charge on any atom is -0.464 e. The highest BCUT2D eigenvalue weighted by molar-refractivity contribution is 5.85. The van der Waals surface area contributed by atoms with Crippen LogP contribution < -0.4 is 5.32 Å². The minimum absolute atomic E-state index is 0.200. The van der Waals surface area contributed by atoms with Crippen molar-refractivity contribution in [2.45, 2.75) is 25.6 Å². The molecule has 1 saturated heterocycles. The Kier molecular flexibility index (Phi) is 6.90. The summed E-state index contributed by atoms with van der Waals surface area (Å²) in [5.41, 5.74) is 0. The zero-order valence-corrected chi connectivity index (χ0v) is 11.7. The van der Waals surface area contributed by atoms with Gasteiger partial charge in [0.1, 0.15) is 12.6 Å². The first kappa shape index (κ1) is 17.7. The van der Waals surface area contributed by atoms with Crippen molar-refractivity contribution in [3.05, 3.63) is 0 Å². The predicted molar refractivity (Wildman–Crippen MR) is 66.5 cm³/mol. The molecule has 1 aliphatic heterocycles. The van der Waals surface area contributed by atoms with Crippen LogP contribution in [0.25, 0.3) is 0 Å². The van der Waals surface area contributed by atoms with Crippen LogP contribution in [0.3, 0.4) is 0 Å². The second-order valence-corrected chi connectivity index (χ2v) is 4.48. The largest absolute Gasteiger partial charge is 0.464 e. The van der Waals surface area contributed by atoms with E-state index in [9.17, 15) is 22.8 Å². The van der Waals surface area contributed by atoms with Gasteiger partial charge in [-0.25, -0.2) is 4.79 Å². The first-order valence-corrected chi connectivity index (χ1v) is 6.66. The molecule has 1 heterocycles. The Morgan fingerprint density at radius 1 is 1.38 bits per heavy atom. The lowest BCUT2D eigenvalue weighted by Gasteiger charge is -2.34. The zero-order valence-electron chi connectivity index (χ0n) is 11.7. The maximum Gasteiger partial charge on any atom is 0.411 e. The molecule has 1 fully saturated rings. The molecule has 1 atom stereocenters. The SMILES string of the molecule is CCOC(=O)C1CNCCN1C(=O)CCOCC(F)(F)F. The molecule has 0 spiro atoms. The van der Waals surface area contributed by atoms with Crippen LogP contribution in [0.5, 0.6) is 0 Å². The molecule has 6 nitrogen and oxygen atoms in total. The third-order valence-corrected chi connectivity index (χ3v) is 2.85. The molecule has 9 heteroatoms. The Bertz CT molecular complexity index is 363. The maximum atomic E-state index is 12.0. The van der Waals surface area contributed by atoms with E-state index >= 15 is 0 Å². The highest BCUT2D eigenvalue weighted by Gasteiger charge is 2.33. The lowest BCUT2D eigenvalue weighted by Crippen LogP contribution is -2.57.